The lowest BCUT2D eigenvalue weighted by molar-refractivity contribution is -0.139. The highest BCUT2D eigenvalue weighted by Crippen LogP contribution is 2.32. The van der Waals surface area contributed by atoms with Gasteiger partial charge in [-0.15, -0.1) is 0 Å². The van der Waals surface area contributed by atoms with Gasteiger partial charge in [0.15, 0.2) is 0 Å². The van der Waals surface area contributed by atoms with Crippen LogP contribution in [0.5, 0.6) is 0 Å². The largest absolute Gasteiger partial charge is 0.351 e. The number of hydrogen-bond donors (Lipinski definition) is 1. The molecule has 1 saturated heterocycles. The first-order valence-electron chi connectivity index (χ1n) is 8.29. The smallest absolute Gasteiger partial charge is 0.243 e. The van der Waals surface area contributed by atoms with Gasteiger partial charge in [-0.1, -0.05) is 32.9 Å². The molecule has 1 aliphatic heterocycles. The lowest BCUT2D eigenvalue weighted by Crippen LogP contribution is -2.47. The van der Waals surface area contributed by atoms with Crippen LogP contribution in [0.1, 0.15) is 52.9 Å². The summed E-state index contributed by atoms with van der Waals surface area (Å²) in [4.78, 5) is 26.4. The SMILES string of the molecule is CCC=CC1CC1NC(=O)C1CCCN1C(=O)CC(C)C. The number of carbonyl (C=O) groups is 2. The van der Waals surface area contributed by atoms with Crippen molar-refractivity contribution < 1.29 is 9.59 Å². The number of rotatable bonds is 6. The van der Waals surface area contributed by atoms with Crippen LogP contribution >= 0.6 is 0 Å². The average Bonchev–Trinajstić information content (AvgIpc) is 2.96. The van der Waals surface area contributed by atoms with Crippen LogP contribution < -0.4 is 5.32 Å². The van der Waals surface area contributed by atoms with Gasteiger partial charge < -0.3 is 10.2 Å². The Kier molecular flexibility index (Phi) is 5.43. The topological polar surface area (TPSA) is 49.4 Å². The van der Waals surface area contributed by atoms with Crippen LogP contribution in [-0.4, -0.2) is 35.3 Å². The van der Waals surface area contributed by atoms with Crippen molar-refractivity contribution in [2.75, 3.05) is 6.54 Å². The fourth-order valence-corrected chi connectivity index (χ4v) is 2.99. The Labute approximate surface area is 128 Å². The molecule has 2 aliphatic rings. The van der Waals surface area contributed by atoms with Gasteiger partial charge in [0.05, 0.1) is 0 Å². The molecule has 1 N–H and O–H groups in total. The van der Waals surface area contributed by atoms with Gasteiger partial charge in [0, 0.05) is 19.0 Å². The van der Waals surface area contributed by atoms with Crippen molar-refractivity contribution in [1.82, 2.24) is 10.2 Å². The third kappa shape index (κ3) is 4.32. The number of hydrogen-bond acceptors (Lipinski definition) is 2. The van der Waals surface area contributed by atoms with Gasteiger partial charge in [-0.3, -0.25) is 9.59 Å². The maximum Gasteiger partial charge on any atom is 0.243 e. The highest BCUT2D eigenvalue weighted by atomic mass is 16.2. The summed E-state index contributed by atoms with van der Waals surface area (Å²) < 4.78 is 0. The minimum atomic E-state index is -0.243. The van der Waals surface area contributed by atoms with E-state index in [-0.39, 0.29) is 23.9 Å². The molecule has 0 aromatic rings. The van der Waals surface area contributed by atoms with Gasteiger partial charge in [-0.25, -0.2) is 0 Å². The third-order valence-electron chi connectivity index (χ3n) is 4.25. The molecule has 4 heteroatoms. The van der Waals surface area contributed by atoms with E-state index in [2.05, 4.69) is 24.4 Å². The highest BCUT2D eigenvalue weighted by molar-refractivity contribution is 5.88. The van der Waals surface area contributed by atoms with Gasteiger partial charge in [0.2, 0.25) is 11.8 Å². The molecule has 118 valence electrons. The molecular weight excluding hydrogens is 264 g/mol. The van der Waals surface area contributed by atoms with Gasteiger partial charge in [0.25, 0.3) is 0 Å². The van der Waals surface area contributed by atoms with E-state index in [1.54, 1.807) is 4.90 Å². The predicted octanol–water partition coefficient (Wildman–Crippen LogP) is 2.49. The van der Waals surface area contributed by atoms with Crippen LogP contribution in [0.15, 0.2) is 12.2 Å². The predicted molar refractivity (Wildman–Crippen MR) is 83.7 cm³/mol. The van der Waals surface area contributed by atoms with Crippen molar-refractivity contribution >= 4 is 11.8 Å². The normalized spacial score (nSPS) is 28.4. The van der Waals surface area contributed by atoms with Crippen molar-refractivity contribution in [3.05, 3.63) is 12.2 Å². The molecule has 2 rings (SSSR count). The summed E-state index contributed by atoms with van der Waals surface area (Å²) >= 11 is 0. The number of likely N-dealkylation sites (tertiary alicyclic amines) is 1. The molecule has 0 aromatic carbocycles. The number of amides is 2. The second kappa shape index (κ2) is 7.10. The Bertz CT molecular complexity index is 417. The lowest BCUT2D eigenvalue weighted by Gasteiger charge is -2.24. The summed E-state index contributed by atoms with van der Waals surface area (Å²) in [6, 6.07) is 0.0376. The first-order valence-corrected chi connectivity index (χ1v) is 8.29. The molecular formula is C17H28N2O2. The summed E-state index contributed by atoms with van der Waals surface area (Å²) in [7, 11) is 0. The maximum atomic E-state index is 12.4. The standard InChI is InChI=1S/C17H28N2O2/c1-4-5-7-13-11-14(13)18-17(21)15-8-6-9-19(15)16(20)10-12(2)3/h5,7,12-15H,4,6,8-11H2,1-3H3,(H,18,21). The van der Waals surface area contributed by atoms with Gasteiger partial charge in [0.1, 0.15) is 6.04 Å². The molecule has 2 amide bonds. The molecule has 0 bridgehead atoms. The van der Waals surface area contributed by atoms with E-state index in [1.807, 2.05) is 13.8 Å². The van der Waals surface area contributed by atoms with Crippen molar-refractivity contribution in [3.63, 3.8) is 0 Å². The molecule has 4 nitrogen and oxygen atoms in total. The fraction of sp³-hybridized carbons (Fsp3) is 0.765. The molecule has 1 aliphatic carbocycles. The van der Waals surface area contributed by atoms with Gasteiger partial charge in [-0.2, -0.15) is 0 Å². The fourth-order valence-electron chi connectivity index (χ4n) is 2.99. The van der Waals surface area contributed by atoms with E-state index in [1.165, 1.54) is 0 Å². The summed E-state index contributed by atoms with van der Waals surface area (Å²) in [6.45, 7) is 6.92. The monoisotopic (exact) mass is 292 g/mol. The van der Waals surface area contributed by atoms with E-state index >= 15 is 0 Å². The summed E-state index contributed by atoms with van der Waals surface area (Å²) in [5.74, 6) is 1.01. The number of nitrogens with one attached hydrogen (secondary N) is 1. The van der Waals surface area contributed by atoms with Crippen molar-refractivity contribution in [3.8, 4) is 0 Å². The van der Waals surface area contributed by atoms with Gasteiger partial charge >= 0.3 is 0 Å². The first-order chi connectivity index (χ1) is 10.0. The van der Waals surface area contributed by atoms with E-state index in [9.17, 15) is 9.59 Å². The second-order valence-corrected chi connectivity index (χ2v) is 6.69. The zero-order valence-corrected chi connectivity index (χ0v) is 13.5. The van der Waals surface area contributed by atoms with Crippen LogP contribution in [0, 0.1) is 11.8 Å². The van der Waals surface area contributed by atoms with Crippen LogP contribution in [-0.2, 0) is 9.59 Å². The molecule has 0 spiro atoms. The number of nitrogens with zero attached hydrogens (tertiary/aromatic N) is 1. The molecule has 0 aromatic heterocycles. The van der Waals surface area contributed by atoms with E-state index < -0.39 is 0 Å². The van der Waals surface area contributed by atoms with Gasteiger partial charge in [-0.05, 0) is 37.5 Å². The molecule has 21 heavy (non-hydrogen) atoms. The van der Waals surface area contributed by atoms with Crippen LogP contribution in [0.25, 0.3) is 0 Å². The summed E-state index contributed by atoms with van der Waals surface area (Å²) in [5, 5.41) is 3.11. The highest BCUT2D eigenvalue weighted by Gasteiger charge is 2.40. The second-order valence-electron chi connectivity index (χ2n) is 6.69. The molecule has 2 fully saturated rings. The molecule has 0 radical (unpaired) electrons. The first kappa shape index (κ1) is 16.1. The lowest BCUT2D eigenvalue weighted by atomic mass is 10.1. The number of allylic oxidation sites excluding steroid dienone is 1. The Morgan fingerprint density at radius 3 is 2.81 bits per heavy atom. The van der Waals surface area contributed by atoms with E-state index in [0.29, 0.717) is 18.3 Å². The third-order valence-corrected chi connectivity index (χ3v) is 4.25. The minimum absolute atomic E-state index is 0.0435. The Hall–Kier alpha value is -1.32. The Morgan fingerprint density at radius 2 is 2.14 bits per heavy atom. The van der Waals surface area contributed by atoms with Crippen molar-refractivity contribution in [2.24, 2.45) is 11.8 Å². The zero-order chi connectivity index (χ0) is 15.4. The summed E-state index contributed by atoms with van der Waals surface area (Å²) in [5.41, 5.74) is 0. The zero-order valence-electron chi connectivity index (χ0n) is 13.5. The Balaban J connectivity index is 1.84. The average molecular weight is 292 g/mol. The molecule has 1 saturated carbocycles. The van der Waals surface area contributed by atoms with Crippen molar-refractivity contribution in [1.29, 1.82) is 0 Å². The van der Waals surface area contributed by atoms with Crippen LogP contribution in [0.3, 0.4) is 0 Å². The quantitative estimate of drug-likeness (QED) is 0.765. The number of carbonyl (C=O) groups excluding carboxylic acids is 2. The minimum Gasteiger partial charge on any atom is -0.351 e. The Morgan fingerprint density at radius 1 is 1.38 bits per heavy atom. The van der Waals surface area contributed by atoms with Crippen LogP contribution in [0.4, 0.5) is 0 Å². The van der Waals surface area contributed by atoms with E-state index in [4.69, 9.17) is 0 Å². The van der Waals surface area contributed by atoms with Crippen LogP contribution in [0.2, 0.25) is 0 Å². The van der Waals surface area contributed by atoms with Crippen molar-refractivity contribution in [2.45, 2.75) is 65.0 Å². The molecule has 3 atom stereocenters. The molecule has 1 heterocycles. The van der Waals surface area contributed by atoms with E-state index in [0.717, 1.165) is 32.2 Å². The maximum absolute atomic E-state index is 12.4. The summed E-state index contributed by atoms with van der Waals surface area (Å²) in [6.07, 6.45) is 8.71. The molecule has 3 unspecified atom stereocenters.